The van der Waals surface area contributed by atoms with Crippen LogP contribution in [0.25, 0.3) is 0 Å². The number of nitrogens with zero attached hydrogens (tertiary/aromatic N) is 1. The molecular weight excluding hydrogens is 320 g/mol. The molecule has 0 atom stereocenters. The zero-order chi connectivity index (χ0) is 19.3. The SMILES string of the molecule is CC(=O)c1c(C)[nH]c(C(=O)OCC(=O)N(CC(C)C)CC(C)C)c1C. The van der Waals surface area contributed by atoms with Crippen molar-refractivity contribution in [3.63, 3.8) is 0 Å². The van der Waals surface area contributed by atoms with Crippen LogP contribution in [0, 0.1) is 25.7 Å². The van der Waals surface area contributed by atoms with Crippen LogP contribution < -0.4 is 0 Å². The molecule has 6 heteroatoms. The third kappa shape index (κ3) is 5.73. The molecule has 0 saturated carbocycles. The Labute approximate surface area is 149 Å². The largest absolute Gasteiger partial charge is 0.451 e. The Morgan fingerprint density at radius 1 is 1.04 bits per heavy atom. The van der Waals surface area contributed by atoms with Crippen LogP contribution in [-0.4, -0.2) is 47.2 Å². The zero-order valence-corrected chi connectivity index (χ0v) is 16.4. The van der Waals surface area contributed by atoms with Gasteiger partial charge in [0.25, 0.3) is 5.91 Å². The van der Waals surface area contributed by atoms with E-state index in [1.165, 1.54) is 6.92 Å². The van der Waals surface area contributed by atoms with E-state index in [2.05, 4.69) is 4.98 Å². The van der Waals surface area contributed by atoms with E-state index in [9.17, 15) is 14.4 Å². The molecule has 1 aromatic heterocycles. The fourth-order valence-corrected chi connectivity index (χ4v) is 2.93. The number of amides is 1. The molecule has 0 radical (unpaired) electrons. The van der Waals surface area contributed by atoms with Crippen molar-refractivity contribution in [2.45, 2.75) is 48.5 Å². The maximum atomic E-state index is 12.4. The Balaban J connectivity index is 2.79. The Bertz CT molecular complexity index is 634. The van der Waals surface area contributed by atoms with Crippen molar-refractivity contribution in [2.24, 2.45) is 11.8 Å². The molecule has 1 amide bonds. The molecule has 0 bridgehead atoms. The van der Waals surface area contributed by atoms with Gasteiger partial charge in [0.05, 0.1) is 0 Å². The predicted molar refractivity (Wildman–Crippen MR) is 96.8 cm³/mol. The third-order valence-electron chi connectivity index (χ3n) is 3.84. The highest BCUT2D eigenvalue weighted by atomic mass is 16.5. The molecule has 0 aliphatic rings. The van der Waals surface area contributed by atoms with Gasteiger partial charge in [0.1, 0.15) is 5.69 Å². The van der Waals surface area contributed by atoms with Crippen molar-refractivity contribution in [2.75, 3.05) is 19.7 Å². The number of ether oxygens (including phenoxy) is 1. The number of carbonyl (C=O) groups excluding carboxylic acids is 3. The Morgan fingerprint density at radius 3 is 1.96 bits per heavy atom. The van der Waals surface area contributed by atoms with Gasteiger partial charge < -0.3 is 14.6 Å². The molecule has 1 rings (SSSR count). The summed E-state index contributed by atoms with van der Waals surface area (Å²) in [6.45, 7) is 14.0. The van der Waals surface area contributed by atoms with Crippen LogP contribution in [0.2, 0.25) is 0 Å². The molecule has 0 unspecified atom stereocenters. The van der Waals surface area contributed by atoms with Crippen LogP contribution >= 0.6 is 0 Å². The summed E-state index contributed by atoms with van der Waals surface area (Å²) < 4.78 is 5.19. The predicted octanol–water partition coefficient (Wildman–Crippen LogP) is 3.13. The van der Waals surface area contributed by atoms with Gasteiger partial charge in [-0.25, -0.2) is 4.79 Å². The van der Waals surface area contributed by atoms with E-state index in [1.807, 2.05) is 27.7 Å². The first-order chi connectivity index (χ1) is 11.5. The second-order valence-electron chi connectivity index (χ2n) is 7.34. The molecule has 0 spiro atoms. The minimum Gasteiger partial charge on any atom is -0.451 e. The van der Waals surface area contributed by atoms with Crippen LogP contribution in [0.5, 0.6) is 0 Å². The van der Waals surface area contributed by atoms with Gasteiger partial charge in [0.2, 0.25) is 0 Å². The monoisotopic (exact) mass is 350 g/mol. The molecule has 0 aliphatic heterocycles. The fraction of sp³-hybridized carbons (Fsp3) is 0.632. The minimum absolute atomic E-state index is 0.110. The zero-order valence-electron chi connectivity index (χ0n) is 16.4. The third-order valence-corrected chi connectivity index (χ3v) is 3.84. The first kappa shape index (κ1) is 20.9. The highest BCUT2D eigenvalue weighted by Crippen LogP contribution is 2.19. The topological polar surface area (TPSA) is 79.5 Å². The number of nitrogens with one attached hydrogen (secondary N) is 1. The average Bonchev–Trinajstić information content (AvgIpc) is 2.77. The number of carbonyl (C=O) groups is 3. The van der Waals surface area contributed by atoms with E-state index in [0.717, 1.165) is 0 Å². The number of ketones is 1. The summed E-state index contributed by atoms with van der Waals surface area (Å²) in [7, 11) is 0. The molecule has 0 saturated heterocycles. The molecule has 0 aromatic carbocycles. The molecule has 1 N–H and O–H groups in total. The maximum Gasteiger partial charge on any atom is 0.355 e. The van der Waals surface area contributed by atoms with Crippen LogP contribution in [-0.2, 0) is 9.53 Å². The Morgan fingerprint density at radius 2 is 1.56 bits per heavy atom. The fourth-order valence-electron chi connectivity index (χ4n) is 2.93. The first-order valence-corrected chi connectivity index (χ1v) is 8.69. The van der Waals surface area contributed by atoms with Crippen LogP contribution in [0.1, 0.15) is 66.7 Å². The van der Waals surface area contributed by atoms with E-state index < -0.39 is 5.97 Å². The van der Waals surface area contributed by atoms with Crippen LogP contribution in [0.4, 0.5) is 0 Å². The molecule has 0 aliphatic carbocycles. The lowest BCUT2D eigenvalue weighted by Crippen LogP contribution is -2.39. The standard InChI is InChI=1S/C19H30N2O4/c1-11(2)8-21(9-12(3)4)16(23)10-25-19(24)18-13(5)17(15(7)22)14(6)20-18/h11-12,20H,8-10H2,1-7H3. The second kappa shape index (κ2) is 8.83. The average molecular weight is 350 g/mol. The number of hydrogen-bond acceptors (Lipinski definition) is 4. The van der Waals surface area contributed by atoms with Gasteiger partial charge in [-0.3, -0.25) is 9.59 Å². The van der Waals surface area contributed by atoms with Crippen molar-refractivity contribution in [1.29, 1.82) is 0 Å². The summed E-state index contributed by atoms with van der Waals surface area (Å²) >= 11 is 0. The molecule has 1 aromatic rings. The van der Waals surface area contributed by atoms with E-state index >= 15 is 0 Å². The van der Waals surface area contributed by atoms with Gasteiger partial charge in [-0.05, 0) is 38.2 Å². The molecule has 1 heterocycles. The number of aromatic amines is 1. The van der Waals surface area contributed by atoms with Crippen molar-refractivity contribution in [3.05, 3.63) is 22.5 Å². The highest BCUT2D eigenvalue weighted by Gasteiger charge is 2.23. The van der Waals surface area contributed by atoms with Gasteiger partial charge in [-0.15, -0.1) is 0 Å². The lowest BCUT2D eigenvalue weighted by atomic mass is 10.1. The number of hydrogen-bond donors (Lipinski definition) is 1. The normalized spacial score (nSPS) is 11.1. The van der Waals surface area contributed by atoms with E-state index in [0.29, 0.717) is 41.7 Å². The molecule has 140 valence electrons. The highest BCUT2D eigenvalue weighted by molar-refractivity contribution is 6.01. The van der Waals surface area contributed by atoms with Gasteiger partial charge >= 0.3 is 5.97 Å². The lowest BCUT2D eigenvalue weighted by molar-refractivity contribution is -0.135. The number of rotatable bonds is 8. The summed E-state index contributed by atoms with van der Waals surface area (Å²) in [6, 6.07) is 0. The van der Waals surface area contributed by atoms with Crippen molar-refractivity contribution >= 4 is 17.7 Å². The molecule has 6 nitrogen and oxygen atoms in total. The summed E-state index contributed by atoms with van der Waals surface area (Å²) in [5.74, 6) is -0.255. The second-order valence-corrected chi connectivity index (χ2v) is 7.34. The minimum atomic E-state index is -0.615. The van der Waals surface area contributed by atoms with Gasteiger partial charge in [0, 0.05) is 24.3 Å². The molecular formula is C19H30N2O4. The van der Waals surface area contributed by atoms with Gasteiger partial charge in [-0.2, -0.15) is 0 Å². The van der Waals surface area contributed by atoms with Crippen molar-refractivity contribution < 1.29 is 19.1 Å². The summed E-state index contributed by atoms with van der Waals surface area (Å²) in [4.78, 5) is 41.0. The first-order valence-electron chi connectivity index (χ1n) is 8.69. The van der Waals surface area contributed by atoms with Gasteiger partial charge in [-0.1, -0.05) is 27.7 Å². The maximum absolute atomic E-state index is 12.4. The van der Waals surface area contributed by atoms with Crippen molar-refractivity contribution in [1.82, 2.24) is 9.88 Å². The smallest absolute Gasteiger partial charge is 0.355 e. The Hall–Kier alpha value is -2.11. The summed E-state index contributed by atoms with van der Waals surface area (Å²) in [6.07, 6.45) is 0. The van der Waals surface area contributed by atoms with Crippen molar-refractivity contribution in [3.8, 4) is 0 Å². The van der Waals surface area contributed by atoms with E-state index in [-0.39, 0.29) is 24.0 Å². The summed E-state index contributed by atoms with van der Waals surface area (Å²) in [5, 5.41) is 0. The summed E-state index contributed by atoms with van der Waals surface area (Å²) in [5.41, 5.74) is 1.92. The van der Waals surface area contributed by atoms with Crippen LogP contribution in [0.3, 0.4) is 0 Å². The lowest BCUT2D eigenvalue weighted by Gasteiger charge is -2.26. The Kier molecular flexibility index (Phi) is 7.39. The number of aromatic nitrogens is 1. The number of Topliss-reactive ketones (excluding diaryl/α,β-unsaturated/α-hetero) is 1. The van der Waals surface area contributed by atoms with Crippen LogP contribution in [0.15, 0.2) is 0 Å². The van der Waals surface area contributed by atoms with Gasteiger partial charge in [0.15, 0.2) is 12.4 Å². The molecule has 25 heavy (non-hydrogen) atoms. The quantitative estimate of drug-likeness (QED) is 0.577. The number of aryl methyl sites for hydroxylation is 1. The number of esters is 1. The van der Waals surface area contributed by atoms with E-state index in [1.54, 1.807) is 18.7 Å². The molecule has 0 fully saturated rings. The number of H-pyrrole nitrogens is 1. The van der Waals surface area contributed by atoms with E-state index in [4.69, 9.17) is 4.74 Å².